The average Bonchev–Trinajstić information content (AvgIpc) is 3.35. The van der Waals surface area contributed by atoms with Gasteiger partial charge in [0.05, 0.1) is 11.3 Å². The molecule has 164 valence electrons. The lowest BCUT2D eigenvalue weighted by atomic mass is 9.92. The van der Waals surface area contributed by atoms with Crippen LogP contribution in [0.15, 0.2) is 107 Å². The molecule has 0 amide bonds. The minimum absolute atomic E-state index is 0.00353. The van der Waals surface area contributed by atoms with E-state index >= 15 is 0 Å². The van der Waals surface area contributed by atoms with E-state index in [-0.39, 0.29) is 6.04 Å². The van der Waals surface area contributed by atoms with Crippen LogP contribution in [0, 0.1) is 6.92 Å². The Morgan fingerprint density at radius 3 is 2.56 bits per heavy atom. The minimum Gasteiger partial charge on any atom is -0.456 e. The molecular formula is C31H25N2O+. The number of pyridine rings is 1. The Labute approximate surface area is 199 Å². The molecule has 0 aliphatic carbocycles. The minimum atomic E-state index is -0.00353. The Morgan fingerprint density at radius 2 is 1.71 bits per heavy atom. The lowest BCUT2D eigenvalue weighted by Crippen LogP contribution is -2.38. The summed E-state index contributed by atoms with van der Waals surface area (Å²) in [6.45, 7) is 12.3. The van der Waals surface area contributed by atoms with Gasteiger partial charge in [-0.3, -0.25) is 4.99 Å². The molecular weight excluding hydrogens is 416 g/mol. The molecule has 0 unspecified atom stereocenters. The number of hydrogen-bond acceptors (Lipinski definition) is 2. The van der Waals surface area contributed by atoms with Crippen molar-refractivity contribution in [3.63, 3.8) is 0 Å². The van der Waals surface area contributed by atoms with Gasteiger partial charge in [0.1, 0.15) is 11.2 Å². The predicted octanol–water partition coefficient (Wildman–Crippen LogP) is 7.42. The van der Waals surface area contributed by atoms with Gasteiger partial charge in [0.2, 0.25) is 11.7 Å². The van der Waals surface area contributed by atoms with Gasteiger partial charge < -0.3 is 4.42 Å². The van der Waals surface area contributed by atoms with Crippen LogP contribution in [0.3, 0.4) is 0 Å². The van der Waals surface area contributed by atoms with Crippen LogP contribution in [0.25, 0.3) is 38.9 Å². The summed E-state index contributed by atoms with van der Waals surface area (Å²) >= 11 is 0. The Kier molecular flexibility index (Phi) is 4.59. The van der Waals surface area contributed by atoms with Gasteiger partial charge in [0, 0.05) is 45.8 Å². The monoisotopic (exact) mass is 441 g/mol. The van der Waals surface area contributed by atoms with E-state index in [4.69, 9.17) is 4.42 Å². The van der Waals surface area contributed by atoms with E-state index in [0.29, 0.717) is 0 Å². The zero-order valence-corrected chi connectivity index (χ0v) is 19.4. The number of aryl methyl sites for hydroxylation is 1. The number of benzene rings is 3. The van der Waals surface area contributed by atoms with Crippen molar-refractivity contribution in [1.29, 1.82) is 0 Å². The van der Waals surface area contributed by atoms with Crippen molar-refractivity contribution in [3.8, 4) is 11.3 Å². The van der Waals surface area contributed by atoms with Gasteiger partial charge >= 0.3 is 0 Å². The molecule has 0 saturated carbocycles. The smallest absolute Gasteiger partial charge is 0.214 e. The summed E-state index contributed by atoms with van der Waals surface area (Å²) in [5.74, 6) is 0. The number of allylic oxidation sites excluding steroid dienone is 1. The normalized spacial score (nSPS) is 14.6. The van der Waals surface area contributed by atoms with Gasteiger partial charge in [-0.1, -0.05) is 55.6 Å². The second kappa shape index (κ2) is 7.67. The van der Waals surface area contributed by atoms with Crippen LogP contribution in [-0.4, -0.2) is 6.21 Å². The Bertz CT molecular complexity index is 1670. The van der Waals surface area contributed by atoms with Gasteiger partial charge in [0.15, 0.2) is 6.20 Å². The largest absolute Gasteiger partial charge is 0.456 e. The van der Waals surface area contributed by atoms with Gasteiger partial charge in [-0.05, 0) is 43.2 Å². The van der Waals surface area contributed by atoms with Crippen molar-refractivity contribution in [1.82, 2.24) is 0 Å². The highest BCUT2D eigenvalue weighted by molar-refractivity contribution is 6.06. The Morgan fingerprint density at radius 1 is 0.912 bits per heavy atom. The molecule has 3 heteroatoms. The number of furan rings is 1. The van der Waals surface area contributed by atoms with E-state index in [1.807, 2.05) is 25.1 Å². The van der Waals surface area contributed by atoms with E-state index in [0.717, 1.165) is 44.3 Å². The maximum absolute atomic E-state index is 6.27. The van der Waals surface area contributed by atoms with E-state index in [2.05, 4.69) is 90.4 Å². The molecule has 1 atom stereocenters. The second-order valence-electron chi connectivity index (χ2n) is 9.07. The molecule has 34 heavy (non-hydrogen) atoms. The van der Waals surface area contributed by atoms with Crippen molar-refractivity contribution >= 4 is 33.9 Å². The van der Waals surface area contributed by atoms with E-state index in [9.17, 15) is 0 Å². The number of fused-ring (bicyclic) bond motifs is 6. The molecule has 5 aromatic rings. The fraction of sp³-hybridized carbons (Fsp3) is 0.0968. The summed E-state index contributed by atoms with van der Waals surface area (Å²) in [6.07, 6.45) is 3.95. The first-order valence-corrected chi connectivity index (χ1v) is 11.5. The third-order valence-electron chi connectivity index (χ3n) is 6.55. The standard InChI is InChI=1S/C31H25N2O/c1-19(2)18-32-21(4)22-9-5-6-11-24(22)31-27-17-30-26(23-10-7-8-12-29(23)34-30)16-25(27)28-15-20(3)13-14-33(28)31/h5-18,31H,1,4H2,2-3H3/q+1/b32-18-/t31-/m1/s1. The summed E-state index contributed by atoms with van der Waals surface area (Å²) in [5, 5.41) is 2.29. The summed E-state index contributed by atoms with van der Waals surface area (Å²) in [4.78, 5) is 4.58. The van der Waals surface area contributed by atoms with Crippen molar-refractivity contribution < 1.29 is 8.98 Å². The molecule has 6 rings (SSSR count). The molecule has 3 aromatic carbocycles. The number of hydrogen-bond donors (Lipinski definition) is 0. The third kappa shape index (κ3) is 3.12. The van der Waals surface area contributed by atoms with Crippen LogP contribution in [0.2, 0.25) is 0 Å². The Balaban J connectivity index is 1.62. The zero-order chi connectivity index (χ0) is 23.4. The molecule has 3 heterocycles. The maximum Gasteiger partial charge on any atom is 0.214 e. The summed E-state index contributed by atoms with van der Waals surface area (Å²) < 4.78 is 8.62. The lowest BCUT2D eigenvalue weighted by molar-refractivity contribution is -0.688. The lowest BCUT2D eigenvalue weighted by Gasteiger charge is -2.14. The molecule has 0 N–H and O–H groups in total. The van der Waals surface area contributed by atoms with E-state index in [1.54, 1.807) is 6.21 Å². The van der Waals surface area contributed by atoms with Gasteiger partial charge in [-0.25, -0.2) is 0 Å². The van der Waals surface area contributed by atoms with Crippen LogP contribution in [0.1, 0.15) is 35.2 Å². The molecule has 0 saturated heterocycles. The second-order valence-corrected chi connectivity index (χ2v) is 9.07. The molecule has 3 nitrogen and oxygen atoms in total. The predicted molar refractivity (Wildman–Crippen MR) is 140 cm³/mol. The third-order valence-corrected chi connectivity index (χ3v) is 6.55. The van der Waals surface area contributed by atoms with Gasteiger partial charge in [-0.2, -0.15) is 4.57 Å². The van der Waals surface area contributed by atoms with E-state index in [1.165, 1.54) is 22.4 Å². The Hall–Kier alpha value is -4.24. The number of aliphatic imine (C=N–C) groups is 1. The van der Waals surface area contributed by atoms with Gasteiger partial charge in [-0.15, -0.1) is 0 Å². The molecule has 2 aromatic heterocycles. The van der Waals surface area contributed by atoms with Crippen LogP contribution in [0.5, 0.6) is 0 Å². The molecule has 0 radical (unpaired) electrons. The fourth-order valence-corrected chi connectivity index (χ4v) is 5.02. The van der Waals surface area contributed by atoms with E-state index < -0.39 is 0 Å². The van der Waals surface area contributed by atoms with Crippen molar-refractivity contribution in [2.75, 3.05) is 0 Å². The highest BCUT2D eigenvalue weighted by Gasteiger charge is 2.39. The van der Waals surface area contributed by atoms with Gasteiger partial charge in [0.25, 0.3) is 0 Å². The topological polar surface area (TPSA) is 29.4 Å². The highest BCUT2D eigenvalue weighted by atomic mass is 16.3. The van der Waals surface area contributed by atoms with Crippen molar-refractivity contribution in [2.45, 2.75) is 19.9 Å². The molecule has 0 bridgehead atoms. The SMILES string of the molecule is C=C(C)/C=N\C(=C)c1ccccc1[C@@H]1c2cc3oc4ccccc4c3cc2-c2cc(C)cc[n+]21. The average molecular weight is 442 g/mol. The first-order valence-electron chi connectivity index (χ1n) is 11.5. The van der Waals surface area contributed by atoms with Crippen molar-refractivity contribution in [2.24, 2.45) is 4.99 Å². The molecule has 0 fully saturated rings. The van der Waals surface area contributed by atoms with Crippen LogP contribution in [0.4, 0.5) is 0 Å². The number of rotatable bonds is 4. The number of aromatic nitrogens is 1. The van der Waals surface area contributed by atoms with Crippen LogP contribution >= 0.6 is 0 Å². The molecule has 0 spiro atoms. The number of para-hydroxylation sites is 1. The first-order chi connectivity index (χ1) is 16.5. The zero-order valence-electron chi connectivity index (χ0n) is 19.4. The molecule has 1 aliphatic heterocycles. The highest BCUT2D eigenvalue weighted by Crippen LogP contribution is 2.43. The fourth-order valence-electron chi connectivity index (χ4n) is 5.02. The summed E-state index contributed by atoms with van der Waals surface area (Å²) in [7, 11) is 0. The van der Waals surface area contributed by atoms with Crippen LogP contribution < -0.4 is 4.57 Å². The molecule has 1 aliphatic rings. The van der Waals surface area contributed by atoms with Crippen LogP contribution in [-0.2, 0) is 0 Å². The summed E-state index contributed by atoms with van der Waals surface area (Å²) in [5.41, 5.74) is 10.5. The maximum atomic E-state index is 6.27. The quantitative estimate of drug-likeness (QED) is 0.207. The number of nitrogens with zero attached hydrogens (tertiary/aromatic N) is 2. The summed E-state index contributed by atoms with van der Waals surface area (Å²) in [6, 6.07) is 25.6. The van der Waals surface area contributed by atoms with Crippen molar-refractivity contribution in [3.05, 3.63) is 120 Å². The first kappa shape index (κ1) is 20.4.